The molecule has 2 amide bonds. The van der Waals surface area contributed by atoms with Gasteiger partial charge >= 0.3 is 0 Å². The largest absolute Gasteiger partial charge is 0.494 e. The van der Waals surface area contributed by atoms with Gasteiger partial charge < -0.3 is 24.4 Å². The van der Waals surface area contributed by atoms with Gasteiger partial charge in [0.15, 0.2) is 11.5 Å². The molecular formula is C25H29N3O5. The number of rotatable bonds is 9. The van der Waals surface area contributed by atoms with Gasteiger partial charge in [-0.2, -0.15) is 0 Å². The molecule has 0 unspecified atom stereocenters. The molecule has 1 atom stereocenters. The SMILES string of the molecule is CCOc1ccc(NC(=O)CCCOc2cc3c(cc2OC)C(=O)N2CCC[C@H]2C=N3)cc1. The third-order valence-corrected chi connectivity index (χ3v) is 5.71. The standard InChI is InChI=1S/C25H29N3O5/c1-3-32-19-10-8-17(9-11-19)27-24(29)7-5-13-33-23-15-21-20(14-22(23)31-2)25(30)28-12-4-6-18(28)16-26-21/h8-11,14-16,18H,3-7,12-13H2,1-2H3,(H,27,29)/t18-/m0/s1. The minimum absolute atomic E-state index is 0.0270. The van der Waals surface area contributed by atoms with E-state index in [1.165, 1.54) is 0 Å². The lowest BCUT2D eigenvalue weighted by Crippen LogP contribution is -2.35. The quantitative estimate of drug-likeness (QED) is 0.577. The first kappa shape index (κ1) is 22.6. The van der Waals surface area contributed by atoms with Gasteiger partial charge in [-0.1, -0.05) is 0 Å². The third kappa shape index (κ3) is 5.27. The van der Waals surface area contributed by atoms with Gasteiger partial charge in [-0.15, -0.1) is 0 Å². The molecule has 174 valence electrons. The molecule has 0 spiro atoms. The molecule has 1 N–H and O–H groups in total. The number of nitrogens with zero attached hydrogens (tertiary/aromatic N) is 2. The van der Waals surface area contributed by atoms with Crippen LogP contribution in [0.25, 0.3) is 0 Å². The average molecular weight is 452 g/mol. The number of fused-ring (bicyclic) bond motifs is 2. The maximum absolute atomic E-state index is 12.9. The molecule has 1 fully saturated rings. The number of hydrogen-bond donors (Lipinski definition) is 1. The molecule has 0 aromatic heterocycles. The number of nitrogens with one attached hydrogen (secondary N) is 1. The van der Waals surface area contributed by atoms with Crippen LogP contribution in [0.5, 0.6) is 17.2 Å². The summed E-state index contributed by atoms with van der Waals surface area (Å²) in [6, 6.07) is 10.8. The number of aliphatic imine (C=N–C) groups is 1. The van der Waals surface area contributed by atoms with Crippen molar-refractivity contribution in [1.82, 2.24) is 4.90 Å². The highest BCUT2D eigenvalue weighted by atomic mass is 16.5. The van der Waals surface area contributed by atoms with Gasteiger partial charge in [0.05, 0.1) is 37.6 Å². The van der Waals surface area contributed by atoms with Crippen LogP contribution in [0, 0.1) is 0 Å². The van der Waals surface area contributed by atoms with Crippen LogP contribution in [0.2, 0.25) is 0 Å². The van der Waals surface area contributed by atoms with Crippen molar-refractivity contribution in [2.75, 3.05) is 32.2 Å². The number of ether oxygens (including phenoxy) is 3. The number of anilines is 1. The topological polar surface area (TPSA) is 89.5 Å². The van der Waals surface area contributed by atoms with E-state index in [0.29, 0.717) is 48.8 Å². The second-order valence-corrected chi connectivity index (χ2v) is 7.96. The van der Waals surface area contributed by atoms with Crippen molar-refractivity contribution in [2.45, 2.75) is 38.6 Å². The molecule has 33 heavy (non-hydrogen) atoms. The van der Waals surface area contributed by atoms with E-state index in [-0.39, 0.29) is 17.9 Å². The van der Waals surface area contributed by atoms with Crippen LogP contribution >= 0.6 is 0 Å². The fraction of sp³-hybridized carbons (Fsp3) is 0.400. The molecule has 1 saturated heterocycles. The molecule has 8 nitrogen and oxygen atoms in total. The highest BCUT2D eigenvalue weighted by Crippen LogP contribution is 2.38. The Morgan fingerprint density at radius 2 is 2.00 bits per heavy atom. The summed E-state index contributed by atoms with van der Waals surface area (Å²) >= 11 is 0. The zero-order valence-corrected chi connectivity index (χ0v) is 19.0. The molecule has 0 aliphatic carbocycles. The van der Waals surface area contributed by atoms with Crippen molar-refractivity contribution < 1.29 is 23.8 Å². The fourth-order valence-corrected chi connectivity index (χ4v) is 4.06. The molecule has 2 aromatic carbocycles. The van der Waals surface area contributed by atoms with E-state index in [9.17, 15) is 9.59 Å². The van der Waals surface area contributed by atoms with Crippen LogP contribution in [-0.4, -0.2) is 55.8 Å². The highest BCUT2D eigenvalue weighted by Gasteiger charge is 2.32. The maximum Gasteiger partial charge on any atom is 0.256 e. The Morgan fingerprint density at radius 1 is 1.18 bits per heavy atom. The lowest BCUT2D eigenvalue weighted by Gasteiger charge is -2.20. The lowest BCUT2D eigenvalue weighted by molar-refractivity contribution is -0.116. The molecule has 0 radical (unpaired) electrons. The van der Waals surface area contributed by atoms with Gasteiger partial charge in [-0.05, 0) is 56.5 Å². The predicted molar refractivity (Wildman–Crippen MR) is 126 cm³/mol. The number of methoxy groups -OCH3 is 1. The van der Waals surface area contributed by atoms with Gasteiger partial charge in [-0.25, -0.2) is 0 Å². The summed E-state index contributed by atoms with van der Waals surface area (Å²) in [5, 5.41) is 2.87. The van der Waals surface area contributed by atoms with Crippen molar-refractivity contribution >= 4 is 29.4 Å². The number of carbonyl (C=O) groups excluding carboxylic acids is 2. The molecule has 0 bridgehead atoms. The van der Waals surface area contributed by atoms with E-state index in [1.54, 1.807) is 19.2 Å². The molecule has 2 aromatic rings. The third-order valence-electron chi connectivity index (χ3n) is 5.71. The smallest absolute Gasteiger partial charge is 0.256 e. The summed E-state index contributed by atoms with van der Waals surface area (Å²) in [6.07, 6.45) is 4.61. The molecule has 2 heterocycles. The van der Waals surface area contributed by atoms with Crippen molar-refractivity contribution in [2.24, 2.45) is 4.99 Å². The first-order valence-electron chi connectivity index (χ1n) is 11.3. The highest BCUT2D eigenvalue weighted by molar-refractivity contribution is 6.03. The van der Waals surface area contributed by atoms with Crippen molar-refractivity contribution in [3.05, 3.63) is 42.0 Å². The van der Waals surface area contributed by atoms with Gasteiger partial charge in [-0.3, -0.25) is 14.6 Å². The summed E-state index contributed by atoms with van der Waals surface area (Å²) in [7, 11) is 1.54. The van der Waals surface area contributed by atoms with Gasteiger partial charge in [0.2, 0.25) is 5.91 Å². The minimum atomic E-state index is -0.0903. The first-order valence-corrected chi connectivity index (χ1v) is 11.3. The second-order valence-electron chi connectivity index (χ2n) is 7.96. The van der Waals surface area contributed by atoms with Crippen molar-refractivity contribution in [3.63, 3.8) is 0 Å². The monoisotopic (exact) mass is 451 g/mol. The average Bonchev–Trinajstić information content (AvgIpc) is 3.25. The van der Waals surface area contributed by atoms with E-state index >= 15 is 0 Å². The normalized spacial score (nSPS) is 16.6. The van der Waals surface area contributed by atoms with Crippen molar-refractivity contribution in [1.29, 1.82) is 0 Å². The van der Waals surface area contributed by atoms with E-state index < -0.39 is 0 Å². The number of carbonyl (C=O) groups is 2. The Morgan fingerprint density at radius 3 is 2.76 bits per heavy atom. The lowest BCUT2D eigenvalue weighted by atomic mass is 10.1. The van der Waals surface area contributed by atoms with Crippen LogP contribution in [0.15, 0.2) is 41.4 Å². The van der Waals surface area contributed by atoms with Gasteiger partial charge in [0, 0.05) is 30.9 Å². The Balaban J connectivity index is 1.32. The molecule has 0 saturated carbocycles. The Labute approximate surface area is 193 Å². The molecule has 2 aliphatic heterocycles. The summed E-state index contributed by atoms with van der Waals surface area (Å²) < 4.78 is 16.7. The Kier molecular flexibility index (Phi) is 7.12. The Hall–Kier alpha value is -3.55. The predicted octanol–water partition coefficient (Wildman–Crippen LogP) is 4.21. The van der Waals surface area contributed by atoms with Crippen LogP contribution in [0.3, 0.4) is 0 Å². The summed E-state index contributed by atoms with van der Waals surface area (Å²) in [4.78, 5) is 31.6. The first-order chi connectivity index (χ1) is 16.1. The Bertz CT molecular complexity index is 1040. The van der Waals surface area contributed by atoms with Crippen LogP contribution in [0.1, 0.15) is 43.0 Å². The van der Waals surface area contributed by atoms with E-state index in [2.05, 4.69) is 10.3 Å². The number of amides is 2. The summed E-state index contributed by atoms with van der Waals surface area (Å²) in [6.45, 7) is 3.60. The zero-order chi connectivity index (χ0) is 23.2. The van der Waals surface area contributed by atoms with Gasteiger partial charge in [0.1, 0.15) is 5.75 Å². The zero-order valence-electron chi connectivity index (χ0n) is 19.0. The fourth-order valence-electron chi connectivity index (χ4n) is 4.06. The second kappa shape index (κ2) is 10.4. The van der Waals surface area contributed by atoms with E-state index in [0.717, 1.165) is 30.8 Å². The van der Waals surface area contributed by atoms with E-state index in [1.807, 2.05) is 42.3 Å². The molecule has 4 rings (SSSR count). The maximum atomic E-state index is 12.9. The van der Waals surface area contributed by atoms with Gasteiger partial charge in [0.25, 0.3) is 5.91 Å². The van der Waals surface area contributed by atoms with Crippen molar-refractivity contribution in [3.8, 4) is 17.2 Å². The van der Waals surface area contributed by atoms with E-state index in [4.69, 9.17) is 14.2 Å². The van der Waals surface area contributed by atoms with Crippen LogP contribution < -0.4 is 19.5 Å². The summed E-state index contributed by atoms with van der Waals surface area (Å²) in [5.74, 6) is 1.64. The molecular weight excluding hydrogens is 422 g/mol. The van der Waals surface area contributed by atoms with Crippen LogP contribution in [-0.2, 0) is 4.79 Å². The number of hydrogen-bond acceptors (Lipinski definition) is 6. The number of benzene rings is 2. The molecule has 8 heteroatoms. The van der Waals surface area contributed by atoms with Crippen LogP contribution in [0.4, 0.5) is 11.4 Å². The minimum Gasteiger partial charge on any atom is -0.494 e. The summed E-state index contributed by atoms with van der Waals surface area (Å²) in [5.41, 5.74) is 1.83. The molecule has 2 aliphatic rings.